The summed E-state index contributed by atoms with van der Waals surface area (Å²) >= 11 is 7.57. The summed E-state index contributed by atoms with van der Waals surface area (Å²) in [5.41, 5.74) is 2.33. The number of amidine groups is 1. The Kier molecular flexibility index (Phi) is 4.96. The van der Waals surface area contributed by atoms with Crippen LogP contribution in [0.1, 0.15) is 23.9 Å². The molecule has 7 heteroatoms. The molecule has 0 spiro atoms. The zero-order chi connectivity index (χ0) is 17.3. The van der Waals surface area contributed by atoms with E-state index in [-0.39, 0.29) is 18.4 Å². The van der Waals surface area contributed by atoms with Crippen LogP contribution in [0, 0.1) is 13.8 Å². The number of amides is 1. The number of halogens is 1. The molecule has 1 aliphatic heterocycles. The number of nitrogens with zero attached hydrogens (tertiary/aromatic N) is 3. The standard InChI is InChI=1S/C17H18ClN3O2S/c1-10-9-24-17(19-10)21(14-6-4-13(18)5-7-14)16(22)8-15-11(2)20-23-12(15)3/h4-7,10H,8-9H2,1-3H3. The maximum absolute atomic E-state index is 13.0. The van der Waals surface area contributed by atoms with Crippen molar-refractivity contribution in [3.63, 3.8) is 0 Å². The van der Waals surface area contributed by atoms with Crippen LogP contribution in [-0.4, -0.2) is 28.0 Å². The molecule has 0 fully saturated rings. The fraction of sp³-hybridized carbons (Fsp3) is 0.353. The molecule has 0 N–H and O–H groups in total. The molecule has 1 amide bonds. The molecule has 1 aliphatic rings. The van der Waals surface area contributed by atoms with Gasteiger partial charge in [0.2, 0.25) is 5.91 Å². The van der Waals surface area contributed by atoms with Gasteiger partial charge in [-0.3, -0.25) is 14.7 Å². The van der Waals surface area contributed by atoms with Crippen LogP contribution in [0.25, 0.3) is 0 Å². The number of anilines is 1. The van der Waals surface area contributed by atoms with E-state index in [0.29, 0.717) is 10.8 Å². The highest BCUT2D eigenvalue weighted by Gasteiger charge is 2.28. The van der Waals surface area contributed by atoms with Gasteiger partial charge in [0, 0.05) is 16.3 Å². The first-order chi connectivity index (χ1) is 11.5. The first kappa shape index (κ1) is 17.0. The van der Waals surface area contributed by atoms with Crippen LogP contribution in [0.15, 0.2) is 33.8 Å². The summed E-state index contributed by atoms with van der Waals surface area (Å²) in [6, 6.07) is 7.42. The second kappa shape index (κ2) is 6.99. The van der Waals surface area contributed by atoms with Gasteiger partial charge in [0.05, 0.1) is 23.8 Å². The van der Waals surface area contributed by atoms with Gasteiger partial charge in [0.1, 0.15) is 5.76 Å². The topological polar surface area (TPSA) is 58.7 Å². The molecule has 1 aromatic carbocycles. The van der Waals surface area contributed by atoms with Crippen LogP contribution < -0.4 is 4.90 Å². The molecular weight excluding hydrogens is 346 g/mol. The molecule has 24 heavy (non-hydrogen) atoms. The third-order valence-electron chi connectivity index (χ3n) is 3.82. The van der Waals surface area contributed by atoms with Crippen molar-refractivity contribution in [2.75, 3.05) is 10.7 Å². The van der Waals surface area contributed by atoms with Crippen molar-refractivity contribution in [2.24, 2.45) is 4.99 Å². The molecule has 3 rings (SSSR count). The lowest BCUT2D eigenvalue weighted by Crippen LogP contribution is -2.36. The van der Waals surface area contributed by atoms with Crippen LogP contribution in [0.4, 0.5) is 5.69 Å². The van der Waals surface area contributed by atoms with Gasteiger partial charge in [-0.25, -0.2) is 0 Å². The molecule has 0 radical (unpaired) electrons. The highest BCUT2D eigenvalue weighted by molar-refractivity contribution is 8.14. The summed E-state index contributed by atoms with van der Waals surface area (Å²) in [7, 11) is 0. The van der Waals surface area contributed by atoms with E-state index in [1.807, 2.05) is 32.9 Å². The van der Waals surface area contributed by atoms with Gasteiger partial charge >= 0.3 is 0 Å². The smallest absolute Gasteiger partial charge is 0.237 e. The van der Waals surface area contributed by atoms with Crippen molar-refractivity contribution in [3.05, 3.63) is 46.3 Å². The van der Waals surface area contributed by atoms with Crippen LogP contribution in [0.3, 0.4) is 0 Å². The minimum absolute atomic E-state index is 0.0629. The Hall–Kier alpha value is -1.79. The Balaban J connectivity index is 1.93. The fourth-order valence-electron chi connectivity index (χ4n) is 2.52. The van der Waals surface area contributed by atoms with Crippen molar-refractivity contribution in [1.29, 1.82) is 0 Å². The Morgan fingerprint density at radius 2 is 2.08 bits per heavy atom. The monoisotopic (exact) mass is 363 g/mol. The Bertz CT molecular complexity index is 766. The van der Waals surface area contributed by atoms with Crippen molar-refractivity contribution in [2.45, 2.75) is 33.2 Å². The Morgan fingerprint density at radius 1 is 1.38 bits per heavy atom. The van der Waals surface area contributed by atoms with Crippen LogP contribution in [-0.2, 0) is 11.2 Å². The predicted molar refractivity (Wildman–Crippen MR) is 98.0 cm³/mol. The lowest BCUT2D eigenvalue weighted by molar-refractivity contribution is -0.117. The molecule has 2 heterocycles. The highest BCUT2D eigenvalue weighted by atomic mass is 35.5. The zero-order valence-electron chi connectivity index (χ0n) is 13.7. The van der Waals surface area contributed by atoms with Gasteiger partial charge in [-0.2, -0.15) is 0 Å². The van der Waals surface area contributed by atoms with E-state index in [1.54, 1.807) is 28.8 Å². The Morgan fingerprint density at radius 3 is 2.62 bits per heavy atom. The number of hydrogen-bond acceptors (Lipinski definition) is 5. The van der Waals surface area contributed by atoms with Gasteiger partial charge in [0.25, 0.3) is 0 Å². The number of aliphatic imine (C=N–C) groups is 1. The number of benzene rings is 1. The first-order valence-electron chi connectivity index (χ1n) is 7.66. The Labute approximate surface area is 150 Å². The molecule has 0 saturated carbocycles. The van der Waals surface area contributed by atoms with E-state index in [2.05, 4.69) is 10.1 Å². The number of carbonyl (C=O) groups excluding carboxylic acids is 1. The minimum Gasteiger partial charge on any atom is -0.361 e. The molecular formula is C17H18ClN3O2S. The van der Waals surface area contributed by atoms with Crippen LogP contribution in [0.5, 0.6) is 0 Å². The zero-order valence-corrected chi connectivity index (χ0v) is 15.3. The fourth-order valence-corrected chi connectivity index (χ4v) is 3.70. The van der Waals surface area contributed by atoms with Gasteiger partial charge in [-0.15, -0.1) is 0 Å². The van der Waals surface area contributed by atoms with Gasteiger partial charge in [-0.1, -0.05) is 28.5 Å². The lowest BCUT2D eigenvalue weighted by atomic mass is 10.1. The molecule has 5 nitrogen and oxygen atoms in total. The normalized spacial score (nSPS) is 17.0. The van der Waals surface area contributed by atoms with Crippen molar-refractivity contribution in [3.8, 4) is 0 Å². The summed E-state index contributed by atoms with van der Waals surface area (Å²) in [6.45, 7) is 5.70. The molecule has 126 valence electrons. The van der Waals surface area contributed by atoms with Crippen LogP contribution >= 0.6 is 23.4 Å². The van der Waals surface area contributed by atoms with E-state index in [9.17, 15) is 4.79 Å². The summed E-state index contributed by atoms with van der Waals surface area (Å²) in [4.78, 5) is 19.3. The largest absolute Gasteiger partial charge is 0.361 e. The van der Waals surface area contributed by atoms with E-state index in [4.69, 9.17) is 16.1 Å². The molecule has 0 aliphatic carbocycles. The molecule has 1 atom stereocenters. The number of carbonyl (C=O) groups is 1. The molecule has 1 unspecified atom stereocenters. The van der Waals surface area contributed by atoms with Crippen LogP contribution in [0.2, 0.25) is 5.02 Å². The van der Waals surface area contributed by atoms with Crippen molar-refractivity contribution in [1.82, 2.24) is 5.16 Å². The minimum atomic E-state index is -0.0629. The maximum atomic E-state index is 13.0. The molecule has 2 aromatic rings. The van der Waals surface area contributed by atoms with Gasteiger partial charge in [-0.05, 0) is 45.0 Å². The number of aromatic nitrogens is 1. The summed E-state index contributed by atoms with van der Waals surface area (Å²) < 4.78 is 5.17. The highest BCUT2D eigenvalue weighted by Crippen LogP contribution is 2.28. The molecule has 0 saturated heterocycles. The summed E-state index contributed by atoms with van der Waals surface area (Å²) in [5.74, 6) is 1.48. The average molecular weight is 364 g/mol. The van der Waals surface area contributed by atoms with E-state index < -0.39 is 0 Å². The molecule has 0 bridgehead atoms. The second-order valence-corrected chi connectivity index (χ2v) is 7.18. The SMILES string of the molecule is Cc1noc(C)c1CC(=O)N(C1=NC(C)CS1)c1ccc(Cl)cc1. The number of thioether (sulfide) groups is 1. The first-order valence-corrected chi connectivity index (χ1v) is 9.03. The lowest BCUT2D eigenvalue weighted by Gasteiger charge is -2.22. The number of hydrogen-bond donors (Lipinski definition) is 0. The second-order valence-electron chi connectivity index (χ2n) is 5.76. The van der Waals surface area contributed by atoms with Crippen molar-refractivity contribution < 1.29 is 9.32 Å². The summed E-state index contributed by atoms with van der Waals surface area (Å²) in [6.07, 6.45) is 0.220. The third kappa shape index (κ3) is 3.49. The van der Waals surface area contributed by atoms with E-state index in [1.165, 1.54) is 0 Å². The van der Waals surface area contributed by atoms with E-state index >= 15 is 0 Å². The van der Waals surface area contributed by atoms with Gasteiger partial charge < -0.3 is 4.52 Å². The molecule has 1 aromatic heterocycles. The average Bonchev–Trinajstić information content (AvgIpc) is 3.10. The number of aryl methyl sites for hydroxylation is 2. The summed E-state index contributed by atoms with van der Waals surface area (Å²) in [5, 5.41) is 5.28. The quantitative estimate of drug-likeness (QED) is 0.826. The van der Waals surface area contributed by atoms with Crippen molar-refractivity contribution >= 4 is 40.1 Å². The third-order valence-corrected chi connectivity index (χ3v) is 5.27. The number of rotatable bonds is 3. The predicted octanol–water partition coefficient (Wildman–Crippen LogP) is 4.01. The van der Waals surface area contributed by atoms with Gasteiger partial charge in [0.15, 0.2) is 5.17 Å². The van der Waals surface area contributed by atoms with E-state index in [0.717, 1.165) is 27.9 Å². The maximum Gasteiger partial charge on any atom is 0.237 e.